The third kappa shape index (κ3) is 4.56. The molecule has 23 heavy (non-hydrogen) atoms. The van der Waals surface area contributed by atoms with E-state index in [4.69, 9.17) is 9.15 Å². The minimum atomic E-state index is -0.250. The van der Waals surface area contributed by atoms with Gasteiger partial charge in [-0.3, -0.25) is 4.79 Å². The fraction of sp³-hybridized carbons (Fsp3) is 0.412. The minimum Gasteiger partial charge on any atom is -0.453 e. The van der Waals surface area contributed by atoms with Crippen molar-refractivity contribution in [2.24, 2.45) is 0 Å². The Labute approximate surface area is 136 Å². The molecule has 0 atom stereocenters. The van der Waals surface area contributed by atoms with E-state index in [9.17, 15) is 4.79 Å². The van der Waals surface area contributed by atoms with Gasteiger partial charge in [-0.25, -0.2) is 4.98 Å². The maximum absolute atomic E-state index is 12.0. The van der Waals surface area contributed by atoms with Gasteiger partial charge in [0, 0.05) is 32.9 Å². The number of methoxy groups -OCH3 is 1. The SMILES string of the molecule is CCN(CC)c1ccc(CNC(=O)c2ccc(COC)o2)cn1. The summed E-state index contributed by atoms with van der Waals surface area (Å²) in [7, 11) is 1.58. The van der Waals surface area contributed by atoms with Crippen molar-refractivity contribution in [3.8, 4) is 0 Å². The number of nitrogens with one attached hydrogen (secondary N) is 1. The van der Waals surface area contributed by atoms with Gasteiger partial charge in [-0.15, -0.1) is 0 Å². The zero-order chi connectivity index (χ0) is 16.7. The molecule has 0 spiro atoms. The minimum absolute atomic E-state index is 0.250. The predicted octanol–water partition coefficient (Wildman–Crippen LogP) is 2.60. The summed E-state index contributed by atoms with van der Waals surface area (Å²) in [5.41, 5.74) is 0.943. The highest BCUT2D eigenvalue weighted by Gasteiger charge is 2.11. The summed E-state index contributed by atoms with van der Waals surface area (Å²) in [5.74, 6) is 1.60. The first kappa shape index (κ1) is 17.0. The second-order valence-corrected chi connectivity index (χ2v) is 5.08. The van der Waals surface area contributed by atoms with E-state index in [1.54, 1.807) is 25.4 Å². The van der Waals surface area contributed by atoms with Crippen molar-refractivity contribution >= 4 is 11.7 Å². The Balaban J connectivity index is 1.90. The number of rotatable bonds is 8. The van der Waals surface area contributed by atoms with Gasteiger partial charge in [-0.2, -0.15) is 0 Å². The highest BCUT2D eigenvalue weighted by molar-refractivity contribution is 5.91. The van der Waals surface area contributed by atoms with Gasteiger partial charge in [0.25, 0.3) is 5.91 Å². The molecule has 6 nitrogen and oxygen atoms in total. The predicted molar refractivity (Wildman–Crippen MR) is 88.4 cm³/mol. The second kappa shape index (κ2) is 8.33. The van der Waals surface area contributed by atoms with Crippen LogP contribution in [-0.2, 0) is 17.9 Å². The van der Waals surface area contributed by atoms with Crippen molar-refractivity contribution in [1.29, 1.82) is 0 Å². The van der Waals surface area contributed by atoms with Gasteiger partial charge in [-0.1, -0.05) is 6.07 Å². The summed E-state index contributed by atoms with van der Waals surface area (Å²) >= 11 is 0. The summed E-state index contributed by atoms with van der Waals surface area (Å²) in [6.07, 6.45) is 1.78. The molecular formula is C17H23N3O3. The topological polar surface area (TPSA) is 67.6 Å². The Morgan fingerprint density at radius 1 is 1.26 bits per heavy atom. The smallest absolute Gasteiger partial charge is 0.287 e. The zero-order valence-electron chi connectivity index (χ0n) is 13.8. The van der Waals surface area contributed by atoms with Crippen LogP contribution >= 0.6 is 0 Å². The molecule has 0 saturated carbocycles. The molecule has 0 bridgehead atoms. The number of ether oxygens (including phenoxy) is 1. The van der Waals surface area contributed by atoms with Crippen LogP contribution in [0.3, 0.4) is 0 Å². The van der Waals surface area contributed by atoms with Gasteiger partial charge in [0.2, 0.25) is 0 Å². The van der Waals surface area contributed by atoms with Crippen LogP contribution in [0.4, 0.5) is 5.82 Å². The third-order valence-corrected chi connectivity index (χ3v) is 3.52. The van der Waals surface area contributed by atoms with Crippen molar-refractivity contribution in [2.45, 2.75) is 27.0 Å². The molecular weight excluding hydrogens is 294 g/mol. The molecule has 1 N–H and O–H groups in total. The average molecular weight is 317 g/mol. The molecule has 2 aromatic rings. The van der Waals surface area contributed by atoms with Crippen molar-refractivity contribution < 1.29 is 13.9 Å². The first-order valence-electron chi connectivity index (χ1n) is 7.73. The number of aromatic nitrogens is 1. The van der Waals surface area contributed by atoms with Gasteiger partial charge >= 0.3 is 0 Å². The first-order valence-corrected chi connectivity index (χ1v) is 7.73. The maximum atomic E-state index is 12.0. The largest absolute Gasteiger partial charge is 0.453 e. The van der Waals surface area contributed by atoms with Crippen LogP contribution in [0.2, 0.25) is 0 Å². The highest BCUT2D eigenvalue weighted by Crippen LogP contribution is 2.12. The Bertz CT molecular complexity index is 618. The van der Waals surface area contributed by atoms with E-state index in [2.05, 4.69) is 29.0 Å². The lowest BCUT2D eigenvalue weighted by Gasteiger charge is -2.19. The van der Waals surface area contributed by atoms with E-state index < -0.39 is 0 Å². The van der Waals surface area contributed by atoms with Crippen molar-refractivity contribution in [1.82, 2.24) is 10.3 Å². The molecule has 1 amide bonds. The summed E-state index contributed by atoms with van der Waals surface area (Å²) in [5, 5.41) is 2.82. The van der Waals surface area contributed by atoms with Crippen LogP contribution in [0.25, 0.3) is 0 Å². The van der Waals surface area contributed by atoms with Crippen LogP contribution in [0, 0.1) is 0 Å². The van der Waals surface area contributed by atoms with E-state index in [0.717, 1.165) is 24.5 Å². The maximum Gasteiger partial charge on any atom is 0.287 e. The average Bonchev–Trinajstić information content (AvgIpc) is 3.04. The molecule has 0 radical (unpaired) electrons. The lowest BCUT2D eigenvalue weighted by molar-refractivity contribution is 0.0914. The van der Waals surface area contributed by atoms with Crippen LogP contribution in [-0.4, -0.2) is 31.1 Å². The normalized spacial score (nSPS) is 10.6. The Kier molecular flexibility index (Phi) is 6.17. The van der Waals surface area contributed by atoms with E-state index in [0.29, 0.717) is 18.9 Å². The molecule has 2 rings (SSSR count). The number of hydrogen-bond acceptors (Lipinski definition) is 5. The Morgan fingerprint density at radius 3 is 2.65 bits per heavy atom. The highest BCUT2D eigenvalue weighted by atomic mass is 16.5. The third-order valence-electron chi connectivity index (χ3n) is 3.52. The lowest BCUT2D eigenvalue weighted by atomic mass is 10.2. The van der Waals surface area contributed by atoms with Crippen molar-refractivity contribution in [3.05, 3.63) is 47.5 Å². The van der Waals surface area contributed by atoms with Crippen molar-refractivity contribution in [3.63, 3.8) is 0 Å². The summed E-state index contributed by atoms with van der Waals surface area (Å²) in [6.45, 7) is 6.79. The van der Waals surface area contributed by atoms with Gasteiger partial charge in [0.15, 0.2) is 5.76 Å². The quantitative estimate of drug-likeness (QED) is 0.810. The van der Waals surface area contributed by atoms with Gasteiger partial charge in [-0.05, 0) is 37.6 Å². The standard InChI is InChI=1S/C17H23N3O3/c1-4-20(5-2)16-9-6-13(10-18-16)11-19-17(21)15-8-7-14(23-15)12-22-3/h6-10H,4-5,11-12H2,1-3H3,(H,19,21). The molecule has 0 saturated heterocycles. The molecule has 0 aliphatic heterocycles. The lowest BCUT2D eigenvalue weighted by Crippen LogP contribution is -2.24. The van der Waals surface area contributed by atoms with Crippen LogP contribution in [0.5, 0.6) is 0 Å². The number of carbonyl (C=O) groups excluding carboxylic acids is 1. The molecule has 0 fully saturated rings. The van der Waals surface area contributed by atoms with Crippen LogP contribution in [0.1, 0.15) is 35.7 Å². The van der Waals surface area contributed by atoms with Crippen molar-refractivity contribution in [2.75, 3.05) is 25.1 Å². The number of carbonyl (C=O) groups is 1. The zero-order valence-corrected chi connectivity index (χ0v) is 13.8. The van der Waals surface area contributed by atoms with E-state index in [1.807, 2.05) is 12.1 Å². The van der Waals surface area contributed by atoms with E-state index >= 15 is 0 Å². The Morgan fingerprint density at radius 2 is 2.04 bits per heavy atom. The number of hydrogen-bond donors (Lipinski definition) is 1. The van der Waals surface area contributed by atoms with Crippen LogP contribution in [0.15, 0.2) is 34.9 Å². The molecule has 2 aromatic heterocycles. The number of pyridine rings is 1. The van der Waals surface area contributed by atoms with Crippen LogP contribution < -0.4 is 10.2 Å². The molecule has 0 unspecified atom stereocenters. The summed E-state index contributed by atoms with van der Waals surface area (Å²) in [4.78, 5) is 18.6. The number of anilines is 1. The number of amides is 1. The molecule has 0 aliphatic carbocycles. The molecule has 2 heterocycles. The fourth-order valence-corrected chi connectivity index (χ4v) is 2.25. The van der Waals surface area contributed by atoms with Gasteiger partial charge in [0.05, 0.1) is 0 Å². The van der Waals surface area contributed by atoms with Gasteiger partial charge < -0.3 is 19.4 Å². The molecule has 0 aliphatic rings. The fourth-order valence-electron chi connectivity index (χ4n) is 2.25. The number of furan rings is 1. The first-order chi connectivity index (χ1) is 11.2. The van der Waals surface area contributed by atoms with E-state index in [1.165, 1.54) is 0 Å². The molecule has 124 valence electrons. The molecule has 6 heteroatoms. The van der Waals surface area contributed by atoms with Gasteiger partial charge in [0.1, 0.15) is 18.2 Å². The summed E-state index contributed by atoms with van der Waals surface area (Å²) in [6, 6.07) is 7.32. The molecule has 0 aromatic carbocycles. The second-order valence-electron chi connectivity index (χ2n) is 5.08. The monoisotopic (exact) mass is 317 g/mol. The summed E-state index contributed by atoms with van der Waals surface area (Å²) < 4.78 is 10.4. The Hall–Kier alpha value is -2.34. The van der Waals surface area contributed by atoms with E-state index in [-0.39, 0.29) is 11.7 Å². The number of nitrogens with zero attached hydrogens (tertiary/aromatic N) is 2.